The molecule has 6 nitrogen and oxygen atoms in total. The number of sulfonamides is 1. The maximum absolute atomic E-state index is 12.4. The van der Waals surface area contributed by atoms with Gasteiger partial charge in [0.05, 0.1) is 17.8 Å². The number of hydrogen-bond donors (Lipinski definition) is 1. The molecule has 0 bridgehead atoms. The van der Waals surface area contributed by atoms with E-state index in [1.54, 1.807) is 18.2 Å². The zero-order chi connectivity index (χ0) is 20.9. The first-order valence-corrected chi connectivity index (χ1v) is 11.8. The molecular formula is C20H18BrNO5S2. The molecule has 9 heteroatoms. The van der Waals surface area contributed by atoms with Gasteiger partial charge in [-0.25, -0.2) is 8.42 Å². The van der Waals surface area contributed by atoms with E-state index >= 15 is 0 Å². The third-order valence-corrected chi connectivity index (χ3v) is 6.78. The minimum atomic E-state index is -3.71. The molecule has 0 aliphatic rings. The van der Waals surface area contributed by atoms with Crippen LogP contribution in [0.4, 0.5) is 0 Å². The number of carbonyl (C=O) groups excluding carboxylic acids is 1. The monoisotopic (exact) mass is 495 g/mol. The topological polar surface area (TPSA) is 81.7 Å². The van der Waals surface area contributed by atoms with Crippen LogP contribution in [0.15, 0.2) is 74.9 Å². The molecule has 3 rings (SSSR count). The van der Waals surface area contributed by atoms with Crippen molar-refractivity contribution < 1.29 is 22.7 Å². The van der Waals surface area contributed by atoms with Gasteiger partial charge in [-0.05, 0) is 35.7 Å². The fourth-order valence-corrected chi connectivity index (χ4v) is 4.83. The summed E-state index contributed by atoms with van der Waals surface area (Å²) in [5, 5.41) is 1.77. The Hall–Kier alpha value is -2.07. The Morgan fingerprint density at radius 3 is 2.66 bits per heavy atom. The van der Waals surface area contributed by atoms with E-state index in [1.165, 1.54) is 31.0 Å². The number of hydrogen-bond acceptors (Lipinski definition) is 6. The highest BCUT2D eigenvalue weighted by molar-refractivity contribution is 9.10. The van der Waals surface area contributed by atoms with Crippen molar-refractivity contribution in [2.75, 3.05) is 19.6 Å². The second kappa shape index (κ2) is 9.62. The number of thioether (sulfide) groups is 1. The van der Waals surface area contributed by atoms with Crippen molar-refractivity contribution in [3.63, 3.8) is 0 Å². The predicted octanol–water partition coefficient (Wildman–Crippen LogP) is 4.18. The van der Waals surface area contributed by atoms with E-state index in [0.717, 1.165) is 15.7 Å². The van der Waals surface area contributed by atoms with Crippen molar-refractivity contribution in [1.29, 1.82) is 0 Å². The molecule has 0 heterocycles. The Bertz CT molecular complexity index is 1130. The summed E-state index contributed by atoms with van der Waals surface area (Å²) in [7, 11) is -2.37. The van der Waals surface area contributed by atoms with E-state index in [9.17, 15) is 13.2 Å². The van der Waals surface area contributed by atoms with Crippen molar-refractivity contribution >= 4 is 54.5 Å². The summed E-state index contributed by atoms with van der Waals surface area (Å²) < 4.78 is 38.4. The highest BCUT2D eigenvalue weighted by Gasteiger charge is 2.15. The Morgan fingerprint density at radius 1 is 1.10 bits per heavy atom. The van der Waals surface area contributed by atoms with Gasteiger partial charge in [0.15, 0.2) is 6.73 Å². The molecule has 0 aliphatic heterocycles. The fraction of sp³-hybridized carbons (Fsp3) is 0.150. The van der Waals surface area contributed by atoms with Gasteiger partial charge < -0.3 is 9.47 Å². The van der Waals surface area contributed by atoms with Crippen molar-refractivity contribution in [2.45, 2.75) is 9.79 Å². The summed E-state index contributed by atoms with van der Waals surface area (Å²) in [6.07, 6.45) is 0. The summed E-state index contributed by atoms with van der Waals surface area (Å²) in [5.41, 5.74) is 0. The van der Waals surface area contributed by atoms with Crippen LogP contribution in [0.5, 0.6) is 5.75 Å². The Labute approximate surface area is 181 Å². The van der Waals surface area contributed by atoms with E-state index in [-0.39, 0.29) is 23.3 Å². The van der Waals surface area contributed by atoms with Crippen LogP contribution >= 0.6 is 27.7 Å². The molecule has 1 N–H and O–H groups in total. The second-order valence-electron chi connectivity index (χ2n) is 5.90. The smallest absolute Gasteiger partial charge is 0.315 e. The van der Waals surface area contributed by atoms with Crippen LogP contribution in [0.25, 0.3) is 10.8 Å². The number of carbonyl (C=O) groups is 1. The zero-order valence-corrected chi connectivity index (χ0v) is 18.6. The first kappa shape index (κ1) is 21.6. The average Bonchev–Trinajstić information content (AvgIpc) is 2.71. The second-order valence-corrected chi connectivity index (χ2v) is 9.63. The number of esters is 1. The van der Waals surface area contributed by atoms with Crippen LogP contribution in [0.2, 0.25) is 0 Å². The number of benzene rings is 3. The largest absolute Gasteiger partial charge is 0.477 e. The SMILES string of the molecule is COC(=O)CSc1cc(OCNS(=O)(=O)c2cccc(Br)c2)c2ccccc2c1. The quantitative estimate of drug-likeness (QED) is 0.286. The van der Waals surface area contributed by atoms with Crippen LogP contribution in [0.1, 0.15) is 0 Å². The molecule has 152 valence electrons. The lowest BCUT2D eigenvalue weighted by molar-refractivity contribution is -0.137. The molecule has 0 radical (unpaired) electrons. The molecule has 0 fully saturated rings. The highest BCUT2D eigenvalue weighted by Crippen LogP contribution is 2.32. The van der Waals surface area contributed by atoms with Gasteiger partial charge in [-0.1, -0.05) is 46.3 Å². The van der Waals surface area contributed by atoms with Crippen molar-refractivity contribution in [1.82, 2.24) is 4.72 Å². The molecule has 0 saturated heterocycles. The maximum atomic E-state index is 12.4. The number of rotatable bonds is 8. The van der Waals surface area contributed by atoms with Gasteiger partial charge in [0, 0.05) is 14.8 Å². The minimum absolute atomic E-state index is 0.141. The van der Waals surface area contributed by atoms with E-state index in [4.69, 9.17) is 4.74 Å². The lowest BCUT2D eigenvalue weighted by atomic mass is 10.1. The Morgan fingerprint density at radius 2 is 1.90 bits per heavy atom. The van der Waals surface area contributed by atoms with Crippen LogP contribution in [-0.4, -0.2) is 34.0 Å². The molecule has 3 aromatic carbocycles. The molecule has 3 aromatic rings. The lowest BCUT2D eigenvalue weighted by Crippen LogP contribution is -2.28. The number of ether oxygens (including phenoxy) is 2. The number of halogens is 1. The average molecular weight is 496 g/mol. The van der Waals surface area contributed by atoms with Gasteiger partial charge in [-0.2, -0.15) is 4.72 Å². The molecule has 0 spiro atoms. The Balaban J connectivity index is 1.77. The molecule has 0 atom stereocenters. The van der Waals surface area contributed by atoms with E-state index in [1.807, 2.05) is 30.3 Å². The first-order valence-electron chi connectivity index (χ1n) is 8.49. The van der Waals surface area contributed by atoms with E-state index < -0.39 is 10.0 Å². The molecule has 0 aromatic heterocycles. The third-order valence-electron chi connectivity index (χ3n) is 3.96. The van der Waals surface area contributed by atoms with Gasteiger partial charge in [0.25, 0.3) is 0 Å². The number of nitrogens with one attached hydrogen (secondary N) is 1. The van der Waals surface area contributed by atoms with Gasteiger partial charge in [-0.3, -0.25) is 4.79 Å². The third kappa shape index (κ3) is 5.72. The van der Waals surface area contributed by atoms with E-state index in [0.29, 0.717) is 10.2 Å². The summed E-state index contributed by atoms with van der Waals surface area (Å²) in [6.45, 7) is -0.232. The Kier molecular flexibility index (Phi) is 7.18. The van der Waals surface area contributed by atoms with Crippen LogP contribution in [0, 0.1) is 0 Å². The minimum Gasteiger partial charge on any atom is -0.477 e. The van der Waals surface area contributed by atoms with Gasteiger partial charge in [0.2, 0.25) is 10.0 Å². The zero-order valence-electron chi connectivity index (χ0n) is 15.4. The summed E-state index contributed by atoms with van der Waals surface area (Å²) in [4.78, 5) is 12.4. The molecular weight excluding hydrogens is 478 g/mol. The standard InChI is InChI=1S/C20H18BrNO5S2/c1-26-20(23)12-28-16-9-14-5-2-3-8-18(14)19(11-16)27-13-22-29(24,25)17-7-4-6-15(21)10-17/h2-11,22H,12-13H2,1H3. The number of methoxy groups -OCH3 is 1. The van der Waals surface area contributed by atoms with Crippen LogP contribution < -0.4 is 9.46 Å². The maximum Gasteiger partial charge on any atom is 0.315 e. The molecule has 0 unspecified atom stereocenters. The summed E-state index contributed by atoms with van der Waals surface area (Å²) in [5.74, 6) is 0.365. The van der Waals surface area contributed by atoms with Crippen molar-refractivity contribution in [3.8, 4) is 5.75 Å². The van der Waals surface area contributed by atoms with Crippen molar-refractivity contribution in [3.05, 3.63) is 65.1 Å². The summed E-state index contributed by atoms with van der Waals surface area (Å²) >= 11 is 4.59. The van der Waals surface area contributed by atoms with Crippen LogP contribution in [0.3, 0.4) is 0 Å². The predicted molar refractivity (Wildman–Crippen MR) is 117 cm³/mol. The molecule has 0 amide bonds. The van der Waals surface area contributed by atoms with Crippen molar-refractivity contribution in [2.24, 2.45) is 0 Å². The normalized spacial score (nSPS) is 11.4. The fourth-order valence-electron chi connectivity index (χ4n) is 2.56. The van der Waals surface area contributed by atoms with Gasteiger partial charge >= 0.3 is 5.97 Å². The van der Waals surface area contributed by atoms with Gasteiger partial charge in [-0.15, -0.1) is 11.8 Å². The first-order chi connectivity index (χ1) is 13.9. The van der Waals surface area contributed by atoms with E-state index in [2.05, 4.69) is 25.4 Å². The van der Waals surface area contributed by atoms with Gasteiger partial charge in [0.1, 0.15) is 5.75 Å². The molecule has 0 aliphatic carbocycles. The molecule has 0 saturated carbocycles. The highest BCUT2D eigenvalue weighted by atomic mass is 79.9. The summed E-state index contributed by atoms with van der Waals surface area (Å²) in [6, 6.07) is 17.7. The molecule has 29 heavy (non-hydrogen) atoms. The lowest BCUT2D eigenvalue weighted by Gasteiger charge is -2.13. The van der Waals surface area contributed by atoms with Crippen LogP contribution in [-0.2, 0) is 19.6 Å². The number of fused-ring (bicyclic) bond motifs is 1.